The lowest BCUT2D eigenvalue weighted by Crippen LogP contribution is -2.30. The molecule has 0 radical (unpaired) electrons. The molecule has 0 spiro atoms. The van der Waals surface area contributed by atoms with E-state index in [0.29, 0.717) is 19.6 Å². The number of benzene rings is 1. The molecule has 4 N–H and O–H groups in total. The number of nitrogens with two attached hydrogens (primary N) is 1. The molecule has 0 aliphatic carbocycles. The molecule has 0 atom stereocenters. The first-order chi connectivity index (χ1) is 11.2. The Morgan fingerprint density at radius 1 is 0.917 bits per heavy atom. The number of hydrogen-bond acceptors (Lipinski definition) is 7. The highest BCUT2D eigenvalue weighted by Crippen LogP contribution is 2.15. The Morgan fingerprint density at radius 3 is 1.88 bits per heavy atom. The highest BCUT2D eigenvalue weighted by Gasteiger charge is 2.14. The predicted octanol–water partition coefficient (Wildman–Crippen LogP) is -1.05. The van der Waals surface area contributed by atoms with Crippen LogP contribution in [0.5, 0.6) is 0 Å². The van der Waals surface area contributed by atoms with Crippen molar-refractivity contribution in [1.29, 1.82) is 0 Å². The van der Waals surface area contributed by atoms with Crippen LogP contribution in [0.4, 0.5) is 0 Å². The van der Waals surface area contributed by atoms with Crippen molar-refractivity contribution in [2.45, 2.75) is 9.79 Å². The van der Waals surface area contributed by atoms with E-state index in [2.05, 4.69) is 0 Å². The minimum Gasteiger partial charge on any atom is -0.395 e. The lowest BCUT2D eigenvalue weighted by atomic mass is 10.4. The molecule has 136 valence electrons. The topological polar surface area (TPSA) is 138 Å². The van der Waals surface area contributed by atoms with Gasteiger partial charge in [0.25, 0.3) is 0 Å². The first-order valence-corrected chi connectivity index (χ1v) is 10.4. The van der Waals surface area contributed by atoms with Crippen molar-refractivity contribution in [3.05, 3.63) is 36.4 Å². The van der Waals surface area contributed by atoms with Crippen LogP contribution < -0.4 is 5.14 Å². The number of aliphatic hydroxyl groups excluding tert-OH is 2. The zero-order chi connectivity index (χ0) is 18.2. The van der Waals surface area contributed by atoms with Crippen LogP contribution in [0.15, 0.2) is 46.2 Å². The Hall–Kier alpha value is -1.30. The van der Waals surface area contributed by atoms with Crippen LogP contribution in [0.25, 0.3) is 0 Å². The third kappa shape index (κ3) is 6.67. The second-order valence-corrected chi connectivity index (χ2v) is 8.61. The smallest absolute Gasteiger partial charge is 0.238 e. The maximum atomic E-state index is 12.2. The van der Waals surface area contributed by atoms with Crippen LogP contribution in [0, 0.1) is 0 Å². The van der Waals surface area contributed by atoms with Crippen molar-refractivity contribution in [1.82, 2.24) is 4.90 Å². The summed E-state index contributed by atoms with van der Waals surface area (Å²) >= 11 is 0. The van der Waals surface area contributed by atoms with Gasteiger partial charge in [-0.15, -0.1) is 0 Å². The van der Waals surface area contributed by atoms with Crippen molar-refractivity contribution in [3.63, 3.8) is 0 Å². The molecule has 0 unspecified atom stereocenters. The SMILES string of the molecule is NS(=O)(=O)c1ccc(S(=O)(=O)C/C=C/CN(CCO)CCO)cc1. The van der Waals surface area contributed by atoms with E-state index in [1.807, 2.05) is 0 Å². The molecule has 0 heterocycles. The standard InChI is InChI=1S/C14H22N2O6S2/c15-24(21,22)14-5-3-13(4-6-14)23(19,20)12-2-1-7-16(8-10-17)9-11-18/h1-6,17-18H,7-12H2,(H2,15,21,22)/b2-1+. The molecule has 0 aliphatic heterocycles. The Bertz CT molecular complexity index is 736. The Labute approximate surface area is 142 Å². The summed E-state index contributed by atoms with van der Waals surface area (Å²) in [4.78, 5) is 1.62. The Kier molecular flexibility index (Phi) is 8.00. The van der Waals surface area contributed by atoms with E-state index in [9.17, 15) is 16.8 Å². The molecule has 1 aromatic rings. The van der Waals surface area contributed by atoms with Gasteiger partial charge in [-0.05, 0) is 24.3 Å². The second-order valence-electron chi connectivity index (χ2n) is 5.02. The Balaban J connectivity index is 2.71. The van der Waals surface area contributed by atoms with Gasteiger partial charge in [-0.25, -0.2) is 22.0 Å². The molecule has 1 aromatic carbocycles. The number of rotatable bonds is 10. The van der Waals surface area contributed by atoms with Gasteiger partial charge < -0.3 is 10.2 Å². The molecule has 0 aromatic heterocycles. The minimum atomic E-state index is -3.86. The van der Waals surface area contributed by atoms with Crippen LogP contribution in [0.3, 0.4) is 0 Å². The predicted molar refractivity (Wildman–Crippen MR) is 89.6 cm³/mol. The lowest BCUT2D eigenvalue weighted by molar-refractivity contribution is 0.172. The number of sulfone groups is 1. The van der Waals surface area contributed by atoms with E-state index in [4.69, 9.17) is 15.4 Å². The molecule has 24 heavy (non-hydrogen) atoms. The van der Waals surface area contributed by atoms with Gasteiger partial charge in [0.1, 0.15) is 0 Å². The van der Waals surface area contributed by atoms with E-state index < -0.39 is 19.9 Å². The van der Waals surface area contributed by atoms with E-state index in [1.54, 1.807) is 11.0 Å². The summed E-state index contributed by atoms with van der Waals surface area (Å²) in [5, 5.41) is 22.7. The van der Waals surface area contributed by atoms with Crippen LogP contribution in [0.2, 0.25) is 0 Å². The first-order valence-electron chi connectivity index (χ1n) is 7.15. The van der Waals surface area contributed by atoms with E-state index >= 15 is 0 Å². The Morgan fingerprint density at radius 2 is 1.42 bits per heavy atom. The number of nitrogens with zero attached hydrogens (tertiary/aromatic N) is 1. The summed E-state index contributed by atoms with van der Waals surface area (Å²) in [6, 6.07) is 4.70. The highest BCUT2D eigenvalue weighted by atomic mass is 32.2. The van der Waals surface area contributed by atoms with Crippen molar-refractivity contribution in [2.75, 3.05) is 38.6 Å². The maximum absolute atomic E-state index is 12.2. The fourth-order valence-corrected chi connectivity index (χ4v) is 3.58. The zero-order valence-corrected chi connectivity index (χ0v) is 14.7. The average molecular weight is 378 g/mol. The van der Waals surface area contributed by atoms with Crippen molar-refractivity contribution in [3.8, 4) is 0 Å². The summed E-state index contributed by atoms with van der Waals surface area (Å²) in [6.45, 7) is 1.06. The number of hydrogen-bond donors (Lipinski definition) is 3. The number of sulfonamides is 1. The van der Waals surface area contributed by atoms with Gasteiger partial charge in [0.15, 0.2) is 9.84 Å². The normalized spacial score (nSPS) is 13.0. The van der Waals surface area contributed by atoms with Gasteiger partial charge in [0, 0.05) is 19.6 Å². The molecule has 0 aliphatic rings. The van der Waals surface area contributed by atoms with Gasteiger partial charge in [-0.3, -0.25) is 4.90 Å². The summed E-state index contributed by atoms with van der Waals surface area (Å²) in [6.07, 6.45) is 3.12. The summed E-state index contributed by atoms with van der Waals surface area (Å²) in [5.74, 6) is -0.242. The zero-order valence-electron chi connectivity index (χ0n) is 13.1. The van der Waals surface area contributed by atoms with Gasteiger partial charge in [0.2, 0.25) is 10.0 Å². The highest BCUT2D eigenvalue weighted by molar-refractivity contribution is 7.91. The fourth-order valence-electron chi connectivity index (χ4n) is 1.93. The minimum absolute atomic E-state index is 0.00197. The molecular weight excluding hydrogens is 356 g/mol. The second kappa shape index (κ2) is 9.25. The van der Waals surface area contributed by atoms with Crippen LogP contribution in [-0.4, -0.2) is 70.5 Å². The maximum Gasteiger partial charge on any atom is 0.238 e. The molecule has 0 bridgehead atoms. The fraction of sp³-hybridized carbons (Fsp3) is 0.429. The number of primary sulfonamides is 1. The summed E-state index contributed by atoms with van der Waals surface area (Å²) < 4.78 is 46.6. The third-order valence-corrected chi connectivity index (χ3v) is 5.74. The molecule has 10 heteroatoms. The van der Waals surface area contributed by atoms with Gasteiger partial charge in [0.05, 0.1) is 28.8 Å². The van der Waals surface area contributed by atoms with E-state index in [0.717, 1.165) is 12.1 Å². The van der Waals surface area contributed by atoms with Crippen LogP contribution >= 0.6 is 0 Å². The van der Waals surface area contributed by atoms with E-state index in [-0.39, 0.29) is 28.8 Å². The van der Waals surface area contributed by atoms with Crippen LogP contribution in [0.1, 0.15) is 0 Å². The average Bonchev–Trinajstić information content (AvgIpc) is 2.51. The number of aliphatic hydroxyl groups is 2. The van der Waals surface area contributed by atoms with Crippen LogP contribution in [-0.2, 0) is 19.9 Å². The van der Waals surface area contributed by atoms with Crippen molar-refractivity contribution < 1.29 is 27.0 Å². The summed E-state index contributed by atoms with van der Waals surface area (Å²) in [7, 11) is -7.45. The van der Waals surface area contributed by atoms with Gasteiger partial charge in [-0.2, -0.15) is 0 Å². The molecule has 0 saturated heterocycles. The largest absolute Gasteiger partial charge is 0.395 e. The molecule has 1 rings (SSSR count). The molecule has 8 nitrogen and oxygen atoms in total. The molecular formula is C14H22N2O6S2. The van der Waals surface area contributed by atoms with E-state index in [1.165, 1.54) is 18.2 Å². The molecule has 0 amide bonds. The third-order valence-electron chi connectivity index (χ3n) is 3.19. The molecule has 0 fully saturated rings. The van der Waals surface area contributed by atoms with Crippen molar-refractivity contribution >= 4 is 19.9 Å². The van der Waals surface area contributed by atoms with Gasteiger partial charge in [-0.1, -0.05) is 12.2 Å². The first kappa shape index (κ1) is 20.7. The summed E-state index contributed by atoms with van der Waals surface area (Å²) in [5.41, 5.74) is 0. The van der Waals surface area contributed by atoms with Crippen molar-refractivity contribution in [2.24, 2.45) is 5.14 Å². The lowest BCUT2D eigenvalue weighted by Gasteiger charge is -2.17. The molecule has 0 saturated carbocycles. The monoisotopic (exact) mass is 378 g/mol. The van der Waals surface area contributed by atoms with Gasteiger partial charge >= 0.3 is 0 Å². The quantitative estimate of drug-likeness (QED) is 0.442.